The van der Waals surface area contributed by atoms with E-state index in [9.17, 15) is 0 Å². The molecule has 0 aliphatic rings. The van der Waals surface area contributed by atoms with Crippen molar-refractivity contribution in [3.8, 4) is 17.1 Å². The Bertz CT molecular complexity index is 1670. The van der Waals surface area contributed by atoms with Gasteiger partial charge in [-0.15, -0.1) is 12.6 Å². The van der Waals surface area contributed by atoms with E-state index in [4.69, 9.17) is 17.6 Å². The van der Waals surface area contributed by atoms with Crippen molar-refractivity contribution in [1.29, 1.82) is 0 Å². The van der Waals surface area contributed by atoms with Gasteiger partial charge in [0, 0.05) is 32.1 Å². The van der Waals surface area contributed by atoms with Crippen LogP contribution in [0.25, 0.3) is 28.1 Å². The molecule has 5 aromatic carbocycles. The third-order valence-corrected chi connectivity index (χ3v) is 9.63. The molecular formula is C31H23N2OPS. The molecule has 0 saturated carbocycles. The molecule has 0 radical (unpaired) electrons. The molecule has 6 rings (SSSR count). The number of imidazole rings is 1. The summed E-state index contributed by atoms with van der Waals surface area (Å²) in [6.45, 7) is 0. The summed E-state index contributed by atoms with van der Waals surface area (Å²) in [7, 11) is -3.16. The van der Waals surface area contributed by atoms with Gasteiger partial charge in [0.15, 0.2) is 7.14 Å². The van der Waals surface area contributed by atoms with Gasteiger partial charge in [-0.05, 0) is 42.5 Å². The summed E-state index contributed by atoms with van der Waals surface area (Å²) in [5, 5.41) is 2.31. The quantitative estimate of drug-likeness (QED) is 0.212. The van der Waals surface area contributed by atoms with Crippen molar-refractivity contribution in [2.75, 3.05) is 0 Å². The highest BCUT2D eigenvalue weighted by Gasteiger charge is 2.30. The van der Waals surface area contributed by atoms with Gasteiger partial charge in [-0.2, -0.15) is 0 Å². The van der Waals surface area contributed by atoms with Gasteiger partial charge in [-0.1, -0.05) is 91.0 Å². The second-order valence-corrected chi connectivity index (χ2v) is 11.9. The maximum absolute atomic E-state index is 15.0. The zero-order chi connectivity index (χ0) is 24.5. The van der Waals surface area contributed by atoms with Gasteiger partial charge in [0.25, 0.3) is 0 Å². The van der Waals surface area contributed by atoms with Gasteiger partial charge in [0.2, 0.25) is 0 Å². The highest BCUT2D eigenvalue weighted by Crippen LogP contribution is 2.44. The molecule has 1 aromatic heterocycles. The van der Waals surface area contributed by atoms with Crippen LogP contribution in [0.3, 0.4) is 0 Å². The van der Waals surface area contributed by atoms with E-state index in [1.807, 2.05) is 115 Å². The number of aromatic nitrogens is 2. The van der Waals surface area contributed by atoms with E-state index in [0.29, 0.717) is 0 Å². The minimum Gasteiger partial charge on any atom is -0.309 e. The minimum absolute atomic E-state index is 0.731. The average Bonchev–Trinajstić information content (AvgIpc) is 3.33. The zero-order valence-corrected chi connectivity index (χ0v) is 21.2. The third kappa shape index (κ3) is 3.89. The Morgan fingerprint density at radius 1 is 0.611 bits per heavy atom. The number of para-hydroxylation sites is 3. The second-order valence-electron chi connectivity index (χ2n) is 8.61. The highest BCUT2D eigenvalue weighted by molar-refractivity contribution is 7.85. The minimum atomic E-state index is -3.16. The SMILES string of the molecule is O=P(c1ccccc1)(c1ccccc1)c1cc(S)cc(-c2nc3ccccc3n2-c2ccccc2)c1. The molecule has 0 unspecified atom stereocenters. The molecule has 0 atom stereocenters. The van der Waals surface area contributed by atoms with Gasteiger partial charge in [0.1, 0.15) is 5.82 Å². The van der Waals surface area contributed by atoms with Crippen LogP contribution < -0.4 is 15.9 Å². The largest absolute Gasteiger partial charge is 0.309 e. The summed E-state index contributed by atoms with van der Waals surface area (Å²) in [6.07, 6.45) is 0. The standard InChI is InChI=1S/C31H23N2OPS/c34-35(25-14-6-2-7-15-25,26-16-8-3-9-17-26)27-20-23(21-28(36)22-27)31-32-29-18-10-11-19-30(29)33(31)24-12-4-1-5-13-24/h1-22,36H. The Labute approximate surface area is 215 Å². The average molecular weight is 503 g/mol. The molecule has 1 heterocycles. The summed E-state index contributed by atoms with van der Waals surface area (Å²) in [6, 6.07) is 43.6. The van der Waals surface area contributed by atoms with Crippen LogP contribution in [0.5, 0.6) is 0 Å². The first-order valence-electron chi connectivity index (χ1n) is 11.7. The smallest absolute Gasteiger partial charge is 0.171 e. The number of thiol groups is 1. The number of hydrogen-bond donors (Lipinski definition) is 1. The van der Waals surface area contributed by atoms with Crippen molar-refractivity contribution in [1.82, 2.24) is 9.55 Å². The fourth-order valence-corrected chi connectivity index (χ4v) is 7.79. The van der Waals surface area contributed by atoms with E-state index in [0.717, 1.165) is 48.9 Å². The molecule has 0 aliphatic carbocycles. The van der Waals surface area contributed by atoms with Crippen LogP contribution >= 0.6 is 19.8 Å². The molecule has 5 heteroatoms. The van der Waals surface area contributed by atoms with E-state index in [2.05, 4.69) is 22.8 Å². The van der Waals surface area contributed by atoms with Crippen molar-refractivity contribution >= 4 is 46.7 Å². The number of fused-ring (bicyclic) bond motifs is 1. The topological polar surface area (TPSA) is 34.9 Å². The van der Waals surface area contributed by atoms with Crippen LogP contribution in [0.15, 0.2) is 138 Å². The van der Waals surface area contributed by atoms with Crippen LogP contribution in [-0.4, -0.2) is 9.55 Å². The lowest BCUT2D eigenvalue weighted by molar-refractivity contribution is 0.592. The van der Waals surface area contributed by atoms with Crippen LogP contribution in [0, 0.1) is 0 Å². The monoisotopic (exact) mass is 502 g/mol. The molecule has 0 bridgehead atoms. The Kier molecular flexibility index (Phi) is 5.85. The maximum atomic E-state index is 15.0. The molecule has 0 aliphatic heterocycles. The number of benzene rings is 5. The summed E-state index contributed by atoms with van der Waals surface area (Å²) < 4.78 is 17.2. The molecule has 0 amide bonds. The molecule has 0 fully saturated rings. The first-order chi connectivity index (χ1) is 17.6. The van der Waals surface area contributed by atoms with E-state index < -0.39 is 7.14 Å². The summed E-state index contributed by atoms with van der Waals surface area (Å²) in [5.74, 6) is 0.784. The summed E-state index contributed by atoms with van der Waals surface area (Å²) in [5.41, 5.74) is 3.79. The maximum Gasteiger partial charge on any atom is 0.171 e. The number of rotatable bonds is 5. The molecule has 0 spiro atoms. The Balaban J connectivity index is 1.63. The fourth-order valence-electron chi connectivity index (χ4n) is 4.69. The lowest BCUT2D eigenvalue weighted by atomic mass is 10.2. The van der Waals surface area contributed by atoms with Crippen molar-refractivity contribution in [3.05, 3.63) is 133 Å². The highest BCUT2D eigenvalue weighted by atomic mass is 32.1. The van der Waals surface area contributed by atoms with Gasteiger partial charge >= 0.3 is 0 Å². The van der Waals surface area contributed by atoms with Crippen LogP contribution in [0.4, 0.5) is 0 Å². The van der Waals surface area contributed by atoms with Crippen LogP contribution in [0.2, 0.25) is 0 Å². The van der Waals surface area contributed by atoms with E-state index >= 15 is 4.57 Å². The first kappa shape index (κ1) is 22.6. The Morgan fingerprint density at radius 3 is 1.81 bits per heavy atom. The second kappa shape index (κ2) is 9.31. The number of hydrogen-bond acceptors (Lipinski definition) is 3. The molecular weight excluding hydrogens is 479 g/mol. The number of nitrogens with zero attached hydrogens (tertiary/aromatic N) is 2. The lowest BCUT2D eigenvalue weighted by Gasteiger charge is -2.21. The van der Waals surface area contributed by atoms with Gasteiger partial charge < -0.3 is 4.57 Å². The molecule has 0 N–H and O–H groups in total. The Hall–Kier alpha value is -3.85. The van der Waals surface area contributed by atoms with Crippen molar-refractivity contribution in [3.63, 3.8) is 0 Å². The van der Waals surface area contributed by atoms with Crippen molar-refractivity contribution in [2.24, 2.45) is 0 Å². The molecule has 3 nitrogen and oxygen atoms in total. The van der Waals surface area contributed by atoms with Crippen molar-refractivity contribution in [2.45, 2.75) is 4.90 Å². The van der Waals surface area contributed by atoms with Gasteiger partial charge in [-0.25, -0.2) is 4.98 Å². The molecule has 6 aromatic rings. The van der Waals surface area contributed by atoms with E-state index in [-0.39, 0.29) is 0 Å². The first-order valence-corrected chi connectivity index (χ1v) is 13.9. The van der Waals surface area contributed by atoms with E-state index in [1.165, 1.54) is 0 Å². The van der Waals surface area contributed by atoms with Gasteiger partial charge in [0.05, 0.1) is 11.0 Å². The third-order valence-electron chi connectivity index (χ3n) is 6.34. The van der Waals surface area contributed by atoms with Crippen molar-refractivity contribution < 1.29 is 4.57 Å². The predicted octanol–water partition coefficient (Wildman–Crippen LogP) is 6.62. The zero-order valence-electron chi connectivity index (χ0n) is 19.4. The lowest BCUT2D eigenvalue weighted by Crippen LogP contribution is -2.25. The summed E-state index contributed by atoms with van der Waals surface area (Å²) >= 11 is 4.76. The fraction of sp³-hybridized carbons (Fsp3) is 0. The van der Waals surface area contributed by atoms with Crippen LogP contribution in [0.1, 0.15) is 0 Å². The summed E-state index contributed by atoms with van der Waals surface area (Å²) in [4.78, 5) is 5.75. The van der Waals surface area contributed by atoms with Gasteiger partial charge in [-0.3, -0.25) is 4.57 Å². The predicted molar refractivity (Wildman–Crippen MR) is 153 cm³/mol. The van der Waals surface area contributed by atoms with E-state index in [1.54, 1.807) is 0 Å². The van der Waals surface area contributed by atoms with Crippen LogP contribution in [-0.2, 0) is 4.57 Å². The normalized spacial score (nSPS) is 11.6. The molecule has 174 valence electrons. The molecule has 0 saturated heterocycles. The Morgan fingerprint density at radius 2 is 1.17 bits per heavy atom. The molecule has 36 heavy (non-hydrogen) atoms.